The van der Waals surface area contributed by atoms with Crippen molar-refractivity contribution in [3.63, 3.8) is 0 Å². The molecule has 0 fully saturated rings. The number of anilines is 3. The zero-order valence-electron chi connectivity index (χ0n) is 10.5. The Morgan fingerprint density at radius 1 is 1.14 bits per heavy atom. The summed E-state index contributed by atoms with van der Waals surface area (Å²) in [6.45, 7) is 0. The zero-order valence-corrected chi connectivity index (χ0v) is 10.5. The Hall–Kier alpha value is -2.77. The van der Waals surface area contributed by atoms with Crippen molar-refractivity contribution < 1.29 is 18.1 Å². The minimum Gasteiger partial charge on any atom is -0.399 e. The molecule has 0 heterocycles. The highest BCUT2D eigenvalue weighted by molar-refractivity contribution is 5.68. The van der Waals surface area contributed by atoms with E-state index in [2.05, 4.69) is 5.32 Å². The molecule has 2 aromatic rings. The third-order valence-electron chi connectivity index (χ3n) is 2.69. The van der Waals surface area contributed by atoms with Gasteiger partial charge in [-0.1, -0.05) is 6.07 Å². The number of alkyl halides is 3. The lowest BCUT2D eigenvalue weighted by molar-refractivity contribution is -0.385. The highest BCUT2D eigenvalue weighted by Crippen LogP contribution is 2.38. The van der Waals surface area contributed by atoms with E-state index in [0.717, 1.165) is 12.1 Å². The van der Waals surface area contributed by atoms with Crippen molar-refractivity contribution >= 4 is 22.7 Å². The molecule has 0 unspecified atom stereocenters. The second-order valence-electron chi connectivity index (χ2n) is 4.24. The normalized spacial score (nSPS) is 11.2. The maximum absolute atomic E-state index is 13.0. The molecule has 0 aliphatic carbocycles. The lowest BCUT2D eigenvalue weighted by Gasteiger charge is -2.14. The number of non-ortho nitro benzene ring substituents is 1. The summed E-state index contributed by atoms with van der Waals surface area (Å²) in [5, 5.41) is 13.2. The smallest absolute Gasteiger partial charge is 0.399 e. The summed E-state index contributed by atoms with van der Waals surface area (Å²) in [7, 11) is 0. The minimum absolute atomic E-state index is 0.279. The summed E-state index contributed by atoms with van der Waals surface area (Å²) in [6.07, 6.45) is -4.71. The predicted molar refractivity (Wildman–Crippen MR) is 72.2 cm³/mol. The van der Waals surface area contributed by atoms with Crippen LogP contribution in [0.15, 0.2) is 42.5 Å². The Morgan fingerprint density at radius 3 is 2.43 bits per heavy atom. The molecule has 5 nitrogen and oxygen atoms in total. The number of nitrogens with zero attached hydrogens (tertiary/aromatic N) is 1. The van der Waals surface area contributed by atoms with Crippen LogP contribution in [0.3, 0.4) is 0 Å². The molecule has 8 heteroatoms. The molecule has 0 radical (unpaired) electrons. The molecule has 21 heavy (non-hydrogen) atoms. The van der Waals surface area contributed by atoms with Gasteiger partial charge in [0.15, 0.2) is 0 Å². The predicted octanol–water partition coefficient (Wildman–Crippen LogP) is 3.94. The van der Waals surface area contributed by atoms with E-state index in [1.165, 1.54) is 12.1 Å². The maximum Gasteiger partial charge on any atom is 0.418 e. The van der Waals surface area contributed by atoms with E-state index in [-0.39, 0.29) is 5.69 Å². The third-order valence-corrected chi connectivity index (χ3v) is 2.69. The van der Waals surface area contributed by atoms with Crippen LogP contribution >= 0.6 is 0 Å². The highest BCUT2D eigenvalue weighted by atomic mass is 19.4. The molecule has 0 aliphatic heterocycles. The van der Waals surface area contributed by atoms with Crippen LogP contribution < -0.4 is 11.1 Å². The molecule has 0 atom stereocenters. The first-order valence-electron chi connectivity index (χ1n) is 5.75. The second-order valence-corrected chi connectivity index (χ2v) is 4.24. The Labute approximate surface area is 117 Å². The number of halogens is 3. The van der Waals surface area contributed by atoms with Crippen molar-refractivity contribution in [1.29, 1.82) is 0 Å². The molecule has 3 N–H and O–H groups in total. The number of nitrogen functional groups attached to an aromatic ring is 1. The summed E-state index contributed by atoms with van der Waals surface area (Å²) in [5.74, 6) is 0. The Morgan fingerprint density at radius 2 is 1.86 bits per heavy atom. The Balaban J connectivity index is 2.45. The lowest BCUT2D eigenvalue weighted by atomic mass is 10.1. The SMILES string of the molecule is Nc1cccc(Nc2ccc([N+](=O)[O-])cc2C(F)(F)F)c1. The van der Waals surface area contributed by atoms with Crippen molar-refractivity contribution in [2.24, 2.45) is 0 Å². The van der Waals surface area contributed by atoms with Gasteiger partial charge in [0.25, 0.3) is 5.69 Å². The number of nitro benzene ring substituents is 1. The molecule has 2 aromatic carbocycles. The van der Waals surface area contributed by atoms with Crippen LogP contribution in [-0.4, -0.2) is 4.92 Å². The molecular weight excluding hydrogens is 287 g/mol. The van der Waals surface area contributed by atoms with Crippen LogP contribution in [0.25, 0.3) is 0 Å². The average Bonchev–Trinajstić information content (AvgIpc) is 2.37. The quantitative estimate of drug-likeness (QED) is 0.511. The summed E-state index contributed by atoms with van der Waals surface area (Å²) in [4.78, 5) is 9.72. The molecular formula is C13H10F3N3O2. The van der Waals surface area contributed by atoms with E-state index >= 15 is 0 Å². The van der Waals surface area contributed by atoms with Crippen LogP contribution in [0.4, 0.5) is 35.9 Å². The fourth-order valence-electron chi connectivity index (χ4n) is 1.76. The second kappa shape index (κ2) is 5.31. The van der Waals surface area contributed by atoms with E-state index in [1.54, 1.807) is 12.1 Å². The fourth-order valence-corrected chi connectivity index (χ4v) is 1.76. The number of nitro groups is 1. The van der Waals surface area contributed by atoms with Crippen molar-refractivity contribution in [3.8, 4) is 0 Å². The van der Waals surface area contributed by atoms with Crippen molar-refractivity contribution in [1.82, 2.24) is 0 Å². The van der Waals surface area contributed by atoms with Crippen LogP contribution in [-0.2, 0) is 6.18 Å². The number of hydrogen-bond acceptors (Lipinski definition) is 4. The number of nitrogens with two attached hydrogens (primary N) is 1. The van der Waals surface area contributed by atoms with Gasteiger partial charge < -0.3 is 11.1 Å². The first-order valence-corrected chi connectivity index (χ1v) is 5.75. The van der Waals surface area contributed by atoms with Gasteiger partial charge in [-0.05, 0) is 24.3 Å². The molecule has 0 bridgehead atoms. The average molecular weight is 297 g/mol. The van der Waals surface area contributed by atoms with Crippen molar-refractivity contribution in [2.45, 2.75) is 6.18 Å². The van der Waals surface area contributed by atoms with Crippen LogP contribution in [0.2, 0.25) is 0 Å². The maximum atomic E-state index is 13.0. The number of hydrogen-bond donors (Lipinski definition) is 2. The number of benzene rings is 2. The van der Waals surface area contributed by atoms with Gasteiger partial charge in [0.1, 0.15) is 0 Å². The van der Waals surface area contributed by atoms with Crippen LogP contribution in [0, 0.1) is 10.1 Å². The van der Waals surface area contributed by atoms with E-state index in [4.69, 9.17) is 5.73 Å². The summed E-state index contributed by atoms with van der Waals surface area (Å²) >= 11 is 0. The molecule has 0 saturated heterocycles. The topological polar surface area (TPSA) is 81.2 Å². The van der Waals surface area contributed by atoms with E-state index in [9.17, 15) is 23.3 Å². The van der Waals surface area contributed by atoms with Gasteiger partial charge in [0, 0.05) is 23.5 Å². The molecule has 2 rings (SSSR count). The van der Waals surface area contributed by atoms with Crippen LogP contribution in [0.5, 0.6) is 0 Å². The largest absolute Gasteiger partial charge is 0.418 e. The van der Waals surface area contributed by atoms with E-state index < -0.39 is 22.4 Å². The highest BCUT2D eigenvalue weighted by Gasteiger charge is 2.35. The van der Waals surface area contributed by atoms with Gasteiger partial charge in [-0.2, -0.15) is 13.2 Å². The lowest BCUT2D eigenvalue weighted by Crippen LogP contribution is -2.09. The van der Waals surface area contributed by atoms with Crippen molar-refractivity contribution in [2.75, 3.05) is 11.1 Å². The zero-order chi connectivity index (χ0) is 15.6. The van der Waals surface area contributed by atoms with Gasteiger partial charge in [-0.25, -0.2) is 0 Å². The summed E-state index contributed by atoms with van der Waals surface area (Å²) in [5.41, 5.74) is 4.27. The molecule has 0 aliphatic rings. The first kappa shape index (κ1) is 14.6. The van der Waals surface area contributed by atoms with Crippen LogP contribution in [0.1, 0.15) is 5.56 Å². The molecule has 0 amide bonds. The molecule has 0 spiro atoms. The Kier molecular flexibility index (Phi) is 3.70. The van der Waals surface area contributed by atoms with Crippen molar-refractivity contribution in [3.05, 3.63) is 58.1 Å². The monoisotopic (exact) mass is 297 g/mol. The van der Waals surface area contributed by atoms with Gasteiger partial charge >= 0.3 is 6.18 Å². The number of rotatable bonds is 3. The molecule has 0 saturated carbocycles. The standard InChI is InChI=1S/C13H10F3N3O2/c14-13(15,16)11-7-10(19(20)21)4-5-12(11)18-9-3-1-2-8(17)6-9/h1-7,18H,17H2. The summed E-state index contributed by atoms with van der Waals surface area (Å²) in [6, 6.07) is 8.68. The first-order chi connectivity index (χ1) is 9.77. The number of nitrogens with one attached hydrogen (secondary N) is 1. The minimum atomic E-state index is -4.71. The van der Waals surface area contributed by atoms with Gasteiger partial charge in [-0.15, -0.1) is 0 Å². The molecule has 110 valence electrons. The van der Waals surface area contributed by atoms with E-state index in [1.807, 2.05) is 0 Å². The fraction of sp³-hybridized carbons (Fsp3) is 0.0769. The Bertz CT molecular complexity index is 687. The van der Waals surface area contributed by atoms with Gasteiger partial charge in [-0.3, -0.25) is 10.1 Å². The van der Waals surface area contributed by atoms with Gasteiger partial charge in [0.2, 0.25) is 0 Å². The molecule has 0 aromatic heterocycles. The van der Waals surface area contributed by atoms with Gasteiger partial charge in [0.05, 0.1) is 16.2 Å². The van der Waals surface area contributed by atoms with E-state index in [0.29, 0.717) is 17.4 Å². The summed E-state index contributed by atoms with van der Waals surface area (Å²) < 4.78 is 39.0. The third kappa shape index (κ3) is 3.41.